The smallest absolute Gasteiger partial charge is 0.0587 e. The minimum absolute atomic E-state index is 0.635. The van der Waals surface area contributed by atoms with E-state index in [1.165, 1.54) is 5.57 Å². The molecule has 0 spiro atoms. The van der Waals surface area contributed by atoms with Gasteiger partial charge in [0.2, 0.25) is 0 Å². The molecule has 0 aromatic rings. The third kappa shape index (κ3) is 3.64. The van der Waals surface area contributed by atoms with Crippen molar-refractivity contribution in [3.8, 4) is 0 Å². The SMILES string of the molecule is COCCNCC1C=CC(C)=CC1C. The third-order valence-corrected chi connectivity index (χ3v) is 2.67. The zero-order chi connectivity index (χ0) is 10.4. The molecule has 1 N–H and O–H groups in total. The molecule has 1 rings (SSSR count). The van der Waals surface area contributed by atoms with E-state index in [1.807, 2.05) is 0 Å². The van der Waals surface area contributed by atoms with Crippen molar-refractivity contribution in [1.29, 1.82) is 0 Å². The van der Waals surface area contributed by atoms with Gasteiger partial charge in [0, 0.05) is 20.2 Å². The Hall–Kier alpha value is -0.600. The van der Waals surface area contributed by atoms with Crippen molar-refractivity contribution in [2.45, 2.75) is 13.8 Å². The summed E-state index contributed by atoms with van der Waals surface area (Å²) >= 11 is 0. The Bertz CT molecular complexity index is 220. The van der Waals surface area contributed by atoms with Gasteiger partial charge in [-0.05, 0) is 18.8 Å². The lowest BCUT2D eigenvalue weighted by Gasteiger charge is -2.22. The molecule has 0 bridgehead atoms. The molecule has 0 fully saturated rings. The molecule has 2 nitrogen and oxygen atoms in total. The number of rotatable bonds is 5. The summed E-state index contributed by atoms with van der Waals surface area (Å²) in [6.45, 7) is 7.21. The molecular weight excluding hydrogens is 174 g/mol. The Morgan fingerprint density at radius 2 is 2.29 bits per heavy atom. The Morgan fingerprint density at radius 1 is 1.50 bits per heavy atom. The standard InChI is InChI=1S/C12H21NO/c1-10-4-5-12(11(2)8-10)9-13-6-7-14-3/h4-5,8,11-13H,6-7,9H2,1-3H3. The zero-order valence-corrected chi connectivity index (χ0v) is 9.42. The van der Waals surface area contributed by atoms with Crippen molar-refractivity contribution in [3.63, 3.8) is 0 Å². The van der Waals surface area contributed by atoms with Crippen LogP contribution in [0.15, 0.2) is 23.8 Å². The average molecular weight is 195 g/mol. The molecule has 0 aliphatic heterocycles. The maximum Gasteiger partial charge on any atom is 0.0587 e. The molecule has 1 aliphatic carbocycles. The highest BCUT2D eigenvalue weighted by Crippen LogP contribution is 2.21. The van der Waals surface area contributed by atoms with Gasteiger partial charge in [-0.1, -0.05) is 30.7 Å². The minimum Gasteiger partial charge on any atom is -0.383 e. The summed E-state index contributed by atoms with van der Waals surface area (Å²) in [7, 11) is 1.73. The minimum atomic E-state index is 0.635. The van der Waals surface area contributed by atoms with E-state index in [0.717, 1.165) is 19.7 Å². The van der Waals surface area contributed by atoms with Gasteiger partial charge in [-0.2, -0.15) is 0 Å². The monoisotopic (exact) mass is 195 g/mol. The first-order valence-electron chi connectivity index (χ1n) is 5.30. The van der Waals surface area contributed by atoms with Gasteiger partial charge in [-0.3, -0.25) is 0 Å². The highest BCUT2D eigenvalue weighted by atomic mass is 16.5. The predicted octanol–water partition coefficient (Wildman–Crippen LogP) is 1.99. The second kappa shape index (κ2) is 5.99. The summed E-state index contributed by atoms with van der Waals surface area (Å²) < 4.78 is 4.98. The summed E-state index contributed by atoms with van der Waals surface area (Å²) in [5.74, 6) is 1.28. The molecule has 0 saturated carbocycles. The topological polar surface area (TPSA) is 21.3 Å². The molecule has 0 heterocycles. The van der Waals surface area contributed by atoms with Crippen LogP contribution >= 0.6 is 0 Å². The van der Waals surface area contributed by atoms with E-state index < -0.39 is 0 Å². The molecule has 0 saturated heterocycles. The zero-order valence-electron chi connectivity index (χ0n) is 9.42. The van der Waals surface area contributed by atoms with Crippen LogP contribution in [0.2, 0.25) is 0 Å². The average Bonchev–Trinajstić information content (AvgIpc) is 2.15. The van der Waals surface area contributed by atoms with Gasteiger partial charge >= 0.3 is 0 Å². The van der Waals surface area contributed by atoms with E-state index in [2.05, 4.69) is 37.4 Å². The Balaban J connectivity index is 2.23. The summed E-state index contributed by atoms with van der Waals surface area (Å²) in [6.07, 6.45) is 6.85. The lowest BCUT2D eigenvalue weighted by Crippen LogP contribution is -2.28. The van der Waals surface area contributed by atoms with Gasteiger partial charge in [0.15, 0.2) is 0 Å². The van der Waals surface area contributed by atoms with Crippen LogP contribution in [-0.2, 0) is 4.74 Å². The van der Waals surface area contributed by atoms with Crippen LogP contribution in [0.3, 0.4) is 0 Å². The highest BCUT2D eigenvalue weighted by molar-refractivity contribution is 5.23. The van der Waals surface area contributed by atoms with Gasteiger partial charge in [-0.25, -0.2) is 0 Å². The van der Waals surface area contributed by atoms with Gasteiger partial charge in [0.05, 0.1) is 6.61 Å². The third-order valence-electron chi connectivity index (χ3n) is 2.67. The molecule has 2 unspecified atom stereocenters. The lowest BCUT2D eigenvalue weighted by molar-refractivity contribution is 0.198. The van der Waals surface area contributed by atoms with Gasteiger partial charge in [-0.15, -0.1) is 0 Å². The highest BCUT2D eigenvalue weighted by Gasteiger charge is 2.14. The summed E-state index contributed by atoms with van der Waals surface area (Å²) in [5, 5.41) is 3.40. The molecular formula is C12H21NO. The fourth-order valence-corrected chi connectivity index (χ4v) is 1.74. The van der Waals surface area contributed by atoms with Gasteiger partial charge in [0.25, 0.3) is 0 Å². The largest absolute Gasteiger partial charge is 0.383 e. The van der Waals surface area contributed by atoms with Crippen LogP contribution in [0.5, 0.6) is 0 Å². The molecule has 14 heavy (non-hydrogen) atoms. The van der Waals surface area contributed by atoms with Crippen molar-refractivity contribution in [2.24, 2.45) is 11.8 Å². The van der Waals surface area contributed by atoms with Crippen LogP contribution in [-0.4, -0.2) is 26.8 Å². The van der Waals surface area contributed by atoms with Crippen LogP contribution in [0.1, 0.15) is 13.8 Å². The molecule has 80 valence electrons. The molecule has 0 aromatic carbocycles. The summed E-state index contributed by atoms with van der Waals surface area (Å²) in [5.41, 5.74) is 1.38. The Morgan fingerprint density at radius 3 is 2.93 bits per heavy atom. The number of methoxy groups -OCH3 is 1. The van der Waals surface area contributed by atoms with E-state index in [4.69, 9.17) is 4.74 Å². The normalized spacial score (nSPS) is 26.4. The number of hydrogen-bond acceptors (Lipinski definition) is 2. The van der Waals surface area contributed by atoms with Crippen LogP contribution in [0.4, 0.5) is 0 Å². The summed E-state index contributed by atoms with van der Waals surface area (Å²) in [4.78, 5) is 0. The van der Waals surface area contributed by atoms with Gasteiger partial charge < -0.3 is 10.1 Å². The van der Waals surface area contributed by atoms with Crippen molar-refractivity contribution in [1.82, 2.24) is 5.32 Å². The molecule has 0 radical (unpaired) electrons. The number of ether oxygens (including phenoxy) is 1. The van der Waals surface area contributed by atoms with Crippen molar-refractivity contribution >= 4 is 0 Å². The second-order valence-corrected chi connectivity index (χ2v) is 3.99. The van der Waals surface area contributed by atoms with E-state index in [1.54, 1.807) is 7.11 Å². The van der Waals surface area contributed by atoms with Crippen LogP contribution in [0.25, 0.3) is 0 Å². The van der Waals surface area contributed by atoms with E-state index >= 15 is 0 Å². The first-order valence-corrected chi connectivity index (χ1v) is 5.30. The molecule has 0 aromatic heterocycles. The van der Waals surface area contributed by atoms with Crippen molar-refractivity contribution in [2.75, 3.05) is 26.8 Å². The van der Waals surface area contributed by atoms with Crippen LogP contribution in [0, 0.1) is 11.8 Å². The van der Waals surface area contributed by atoms with E-state index in [9.17, 15) is 0 Å². The quantitative estimate of drug-likeness (QED) is 0.677. The summed E-state index contributed by atoms with van der Waals surface area (Å²) in [6, 6.07) is 0. The number of allylic oxidation sites excluding steroid dienone is 3. The van der Waals surface area contributed by atoms with E-state index in [-0.39, 0.29) is 0 Å². The maximum atomic E-state index is 4.98. The second-order valence-electron chi connectivity index (χ2n) is 3.99. The van der Waals surface area contributed by atoms with E-state index in [0.29, 0.717) is 11.8 Å². The van der Waals surface area contributed by atoms with Gasteiger partial charge in [0.1, 0.15) is 0 Å². The first kappa shape index (κ1) is 11.5. The van der Waals surface area contributed by atoms with Crippen molar-refractivity contribution in [3.05, 3.63) is 23.8 Å². The number of hydrogen-bond donors (Lipinski definition) is 1. The predicted molar refractivity (Wildman–Crippen MR) is 60.3 cm³/mol. The van der Waals surface area contributed by atoms with Crippen molar-refractivity contribution < 1.29 is 4.74 Å². The number of nitrogens with one attached hydrogen (secondary N) is 1. The Labute approximate surface area is 87.0 Å². The fraction of sp³-hybridized carbons (Fsp3) is 0.667. The Kier molecular flexibility index (Phi) is 4.91. The lowest BCUT2D eigenvalue weighted by atomic mass is 9.87. The molecule has 2 atom stereocenters. The maximum absolute atomic E-state index is 4.98. The molecule has 1 aliphatic rings. The molecule has 2 heteroatoms. The van der Waals surface area contributed by atoms with Crippen LogP contribution < -0.4 is 5.32 Å². The fourth-order valence-electron chi connectivity index (χ4n) is 1.74. The molecule has 0 amide bonds. The first-order chi connectivity index (χ1) is 6.74.